The minimum atomic E-state index is -0.373. The third-order valence-electron chi connectivity index (χ3n) is 4.79. The summed E-state index contributed by atoms with van der Waals surface area (Å²) < 4.78 is 26.5. The maximum absolute atomic E-state index is 13.2. The number of benzene rings is 3. The molecule has 0 radical (unpaired) electrons. The molecule has 0 aliphatic carbocycles. The molecule has 4 aromatic rings. The molecule has 0 unspecified atom stereocenters. The molecule has 32 heavy (non-hydrogen) atoms. The smallest absolute Gasteiger partial charge is 0.214 e. The molecule has 164 valence electrons. The number of hydrogen-bond acceptors (Lipinski definition) is 5. The van der Waals surface area contributed by atoms with Crippen LogP contribution in [0.5, 0.6) is 11.5 Å². The van der Waals surface area contributed by atoms with E-state index in [-0.39, 0.29) is 12.4 Å². The van der Waals surface area contributed by atoms with Crippen molar-refractivity contribution in [2.75, 3.05) is 12.5 Å². The lowest BCUT2D eigenvalue weighted by Crippen LogP contribution is -2.16. The highest BCUT2D eigenvalue weighted by Gasteiger charge is 2.13. The first-order valence-corrected chi connectivity index (χ1v) is 10.5. The highest BCUT2D eigenvalue weighted by molar-refractivity contribution is 7.71. The monoisotopic (exact) mass is 470 g/mol. The highest BCUT2D eigenvalue weighted by Crippen LogP contribution is 2.27. The zero-order chi connectivity index (χ0) is 22.5. The Labute approximate surface area is 194 Å². The standard InChI is InChI=1S/C23H20ClFN4O2S/c1-30-21-5-3-2-4-19(21)22-27-28-23(32)29(22)26-13-15-6-10-18(11-7-15)31-14-16-8-9-17(25)12-20(16)24/h2-12,26H,13-14H2,1H3,(H,28,32). The van der Waals surface area contributed by atoms with Gasteiger partial charge in [0.15, 0.2) is 5.82 Å². The molecule has 0 fully saturated rings. The number of nitrogens with one attached hydrogen (secondary N) is 2. The summed E-state index contributed by atoms with van der Waals surface area (Å²) in [5, 5.41) is 7.49. The molecule has 3 aromatic carbocycles. The topological polar surface area (TPSA) is 64.1 Å². The van der Waals surface area contributed by atoms with Crippen LogP contribution in [-0.2, 0) is 13.2 Å². The van der Waals surface area contributed by atoms with E-state index in [1.54, 1.807) is 17.9 Å². The number of H-pyrrole nitrogens is 1. The zero-order valence-electron chi connectivity index (χ0n) is 17.1. The highest BCUT2D eigenvalue weighted by atomic mass is 35.5. The van der Waals surface area contributed by atoms with Gasteiger partial charge in [0.2, 0.25) is 4.77 Å². The van der Waals surface area contributed by atoms with E-state index in [2.05, 4.69) is 15.6 Å². The van der Waals surface area contributed by atoms with Gasteiger partial charge < -0.3 is 14.9 Å². The van der Waals surface area contributed by atoms with Crippen molar-refractivity contribution in [1.29, 1.82) is 0 Å². The van der Waals surface area contributed by atoms with Crippen LogP contribution >= 0.6 is 23.8 Å². The van der Waals surface area contributed by atoms with Gasteiger partial charge in [-0.25, -0.2) is 14.2 Å². The first kappa shape index (κ1) is 21.9. The number of aromatic amines is 1. The fraction of sp³-hybridized carbons (Fsp3) is 0.130. The van der Waals surface area contributed by atoms with Crippen LogP contribution in [0.2, 0.25) is 5.02 Å². The maximum Gasteiger partial charge on any atom is 0.214 e. The summed E-state index contributed by atoms with van der Waals surface area (Å²) in [6, 6.07) is 19.5. The lowest BCUT2D eigenvalue weighted by Gasteiger charge is -2.13. The summed E-state index contributed by atoms with van der Waals surface area (Å²) in [5.41, 5.74) is 5.84. The normalized spacial score (nSPS) is 10.7. The Bertz CT molecular complexity index is 1270. The van der Waals surface area contributed by atoms with Gasteiger partial charge in [0.1, 0.15) is 23.9 Å². The summed E-state index contributed by atoms with van der Waals surface area (Å²) in [6.45, 7) is 0.767. The SMILES string of the molecule is COc1ccccc1-c1n[nH]c(=S)n1NCc1ccc(OCc2ccc(F)cc2Cl)cc1. The Balaban J connectivity index is 1.42. The van der Waals surface area contributed by atoms with E-state index < -0.39 is 0 Å². The Hall–Kier alpha value is -3.36. The number of aromatic nitrogens is 3. The zero-order valence-corrected chi connectivity index (χ0v) is 18.7. The summed E-state index contributed by atoms with van der Waals surface area (Å²) in [5.74, 6) is 1.64. The molecule has 0 aliphatic rings. The fourth-order valence-corrected chi connectivity index (χ4v) is 3.55. The minimum absolute atomic E-state index is 0.253. The van der Waals surface area contributed by atoms with E-state index in [1.807, 2.05) is 48.5 Å². The van der Waals surface area contributed by atoms with Gasteiger partial charge in [0.25, 0.3) is 0 Å². The van der Waals surface area contributed by atoms with Crippen molar-refractivity contribution < 1.29 is 13.9 Å². The molecule has 0 atom stereocenters. The van der Waals surface area contributed by atoms with Crippen LogP contribution in [-0.4, -0.2) is 22.0 Å². The number of para-hydroxylation sites is 1. The molecule has 0 bridgehead atoms. The average molecular weight is 471 g/mol. The second kappa shape index (κ2) is 9.84. The number of halogens is 2. The van der Waals surface area contributed by atoms with E-state index in [9.17, 15) is 4.39 Å². The van der Waals surface area contributed by atoms with Crippen molar-refractivity contribution >= 4 is 23.8 Å². The number of ether oxygens (including phenoxy) is 2. The molecule has 9 heteroatoms. The Morgan fingerprint density at radius 3 is 2.66 bits per heavy atom. The molecule has 4 rings (SSSR count). The van der Waals surface area contributed by atoms with E-state index in [1.165, 1.54) is 12.1 Å². The van der Waals surface area contributed by atoms with E-state index in [4.69, 9.17) is 33.3 Å². The van der Waals surface area contributed by atoms with Crippen molar-refractivity contribution in [2.24, 2.45) is 0 Å². The molecule has 0 amide bonds. The van der Waals surface area contributed by atoms with Crippen molar-refractivity contribution in [3.63, 3.8) is 0 Å². The summed E-state index contributed by atoms with van der Waals surface area (Å²) >= 11 is 11.4. The van der Waals surface area contributed by atoms with Crippen LogP contribution in [0.15, 0.2) is 66.7 Å². The van der Waals surface area contributed by atoms with E-state index in [0.717, 1.165) is 16.7 Å². The Morgan fingerprint density at radius 1 is 1.12 bits per heavy atom. The molecular formula is C23H20ClFN4O2S. The second-order valence-electron chi connectivity index (χ2n) is 6.89. The second-order valence-corrected chi connectivity index (χ2v) is 7.69. The Kier molecular flexibility index (Phi) is 6.72. The molecular weight excluding hydrogens is 451 g/mol. The molecule has 1 heterocycles. The Morgan fingerprint density at radius 2 is 1.91 bits per heavy atom. The van der Waals surface area contributed by atoms with Gasteiger partial charge in [-0.2, -0.15) is 5.10 Å². The van der Waals surface area contributed by atoms with Gasteiger partial charge in [-0.3, -0.25) is 0 Å². The van der Waals surface area contributed by atoms with Crippen LogP contribution < -0.4 is 14.9 Å². The van der Waals surface area contributed by atoms with Gasteiger partial charge in [-0.1, -0.05) is 41.9 Å². The summed E-state index contributed by atoms with van der Waals surface area (Å²) in [7, 11) is 1.62. The van der Waals surface area contributed by atoms with E-state index in [0.29, 0.717) is 33.7 Å². The van der Waals surface area contributed by atoms with Gasteiger partial charge in [0.05, 0.1) is 24.2 Å². The largest absolute Gasteiger partial charge is 0.496 e. The van der Waals surface area contributed by atoms with Crippen LogP contribution in [0.4, 0.5) is 4.39 Å². The number of methoxy groups -OCH3 is 1. The van der Waals surface area contributed by atoms with Crippen molar-refractivity contribution in [1.82, 2.24) is 14.9 Å². The first-order valence-electron chi connectivity index (χ1n) is 9.75. The minimum Gasteiger partial charge on any atom is -0.496 e. The number of nitrogens with zero attached hydrogens (tertiary/aromatic N) is 2. The summed E-state index contributed by atoms with van der Waals surface area (Å²) in [6.07, 6.45) is 0. The lowest BCUT2D eigenvalue weighted by atomic mass is 10.2. The molecule has 0 saturated carbocycles. The van der Waals surface area contributed by atoms with Gasteiger partial charge in [0, 0.05) is 5.56 Å². The van der Waals surface area contributed by atoms with Gasteiger partial charge in [-0.05, 0) is 54.2 Å². The molecule has 0 spiro atoms. The summed E-state index contributed by atoms with van der Waals surface area (Å²) in [4.78, 5) is 0. The first-order chi connectivity index (χ1) is 15.5. The lowest BCUT2D eigenvalue weighted by molar-refractivity contribution is 0.306. The van der Waals surface area contributed by atoms with Gasteiger partial charge >= 0.3 is 0 Å². The van der Waals surface area contributed by atoms with Crippen LogP contribution in [0.25, 0.3) is 11.4 Å². The predicted octanol–water partition coefficient (Wildman–Crippen LogP) is 5.73. The third kappa shape index (κ3) is 4.92. The number of hydrogen-bond donors (Lipinski definition) is 2. The van der Waals surface area contributed by atoms with Crippen LogP contribution in [0.3, 0.4) is 0 Å². The average Bonchev–Trinajstić information content (AvgIpc) is 3.18. The van der Waals surface area contributed by atoms with Crippen LogP contribution in [0, 0.1) is 10.6 Å². The van der Waals surface area contributed by atoms with Gasteiger partial charge in [-0.15, -0.1) is 0 Å². The number of rotatable bonds is 8. The molecule has 6 nitrogen and oxygen atoms in total. The molecule has 1 aromatic heterocycles. The third-order valence-corrected chi connectivity index (χ3v) is 5.42. The van der Waals surface area contributed by atoms with Crippen molar-refractivity contribution in [3.8, 4) is 22.9 Å². The fourth-order valence-electron chi connectivity index (χ4n) is 3.13. The molecule has 0 aliphatic heterocycles. The van der Waals surface area contributed by atoms with Crippen LogP contribution in [0.1, 0.15) is 11.1 Å². The maximum atomic E-state index is 13.2. The van der Waals surface area contributed by atoms with E-state index >= 15 is 0 Å². The van der Waals surface area contributed by atoms with Crippen molar-refractivity contribution in [2.45, 2.75) is 13.2 Å². The molecule has 0 saturated heterocycles. The quantitative estimate of drug-likeness (QED) is 0.322. The molecule has 2 N–H and O–H groups in total. The van der Waals surface area contributed by atoms with Crippen molar-refractivity contribution in [3.05, 3.63) is 93.5 Å². The predicted molar refractivity (Wildman–Crippen MR) is 125 cm³/mol.